The fourth-order valence-electron chi connectivity index (χ4n) is 2.79. The quantitative estimate of drug-likeness (QED) is 0.322. The fraction of sp³-hybridized carbons (Fsp3) is 0.0833. The van der Waals surface area contributed by atoms with Crippen molar-refractivity contribution in [2.24, 2.45) is 4.99 Å². The summed E-state index contributed by atoms with van der Waals surface area (Å²) in [5, 5.41) is 0. The number of hydrogen-bond donors (Lipinski definition) is 0. The molecule has 1 atom stereocenters. The van der Waals surface area contributed by atoms with Crippen molar-refractivity contribution in [2.45, 2.75) is 12.3 Å². The predicted molar refractivity (Wildman–Crippen MR) is 111 cm³/mol. The summed E-state index contributed by atoms with van der Waals surface area (Å²) in [6, 6.07) is 30.4. The molecular weight excluding hydrogens is 405 g/mol. The molecule has 0 fully saturated rings. The Morgan fingerprint density at radius 2 is 1.30 bits per heavy atom. The molecule has 0 aromatic heterocycles. The van der Waals surface area contributed by atoms with Gasteiger partial charge in [-0.05, 0) is 30.1 Å². The number of hydrogen-bond acceptors (Lipinski definition) is 2. The van der Waals surface area contributed by atoms with Crippen molar-refractivity contribution in [3.8, 4) is 0 Å². The molecule has 3 aromatic carbocycles. The van der Waals surface area contributed by atoms with Crippen LogP contribution in [-0.4, -0.2) is 6.21 Å². The van der Waals surface area contributed by atoms with Crippen molar-refractivity contribution in [1.82, 2.24) is 0 Å². The van der Waals surface area contributed by atoms with E-state index in [1.165, 1.54) is 0 Å². The van der Waals surface area contributed by atoms with Gasteiger partial charge >= 0.3 is 0 Å². The van der Waals surface area contributed by atoms with Crippen molar-refractivity contribution in [2.75, 3.05) is 4.90 Å². The van der Waals surface area contributed by atoms with Gasteiger partial charge in [0.25, 0.3) is 0 Å². The zero-order valence-corrected chi connectivity index (χ0v) is 18.2. The predicted octanol–water partition coefficient (Wildman–Crippen LogP) is 6.25. The standard InChI is InChI=1S/C24H22N2.Y/c1-3-21(22-13-7-4-8-14-22)19-25-20(2)26(23-15-9-5-10-16-23)24-17-11-6-12-18-24;/h4-18,21H,1-3H2;/q-2;. The summed E-state index contributed by atoms with van der Waals surface area (Å²) in [4.78, 5) is 6.59. The second-order valence-corrected chi connectivity index (χ2v) is 5.92. The second-order valence-electron chi connectivity index (χ2n) is 5.92. The van der Waals surface area contributed by atoms with E-state index >= 15 is 0 Å². The first-order chi connectivity index (χ1) is 12.8. The van der Waals surface area contributed by atoms with E-state index in [4.69, 9.17) is 0 Å². The molecule has 0 N–H and O–H groups in total. The first kappa shape index (κ1) is 21.3. The number of para-hydroxylation sites is 2. The van der Waals surface area contributed by atoms with Crippen LogP contribution in [0, 0.1) is 6.92 Å². The Morgan fingerprint density at radius 3 is 1.74 bits per heavy atom. The summed E-state index contributed by atoms with van der Waals surface area (Å²) in [5.41, 5.74) is 3.19. The van der Waals surface area contributed by atoms with Crippen LogP contribution in [0.4, 0.5) is 11.4 Å². The molecule has 3 heteroatoms. The largest absolute Gasteiger partial charge is 0.441 e. The zero-order valence-electron chi connectivity index (χ0n) is 15.3. The van der Waals surface area contributed by atoms with E-state index in [9.17, 15) is 0 Å². The molecule has 133 valence electrons. The molecule has 0 saturated heterocycles. The molecule has 27 heavy (non-hydrogen) atoms. The van der Waals surface area contributed by atoms with Crippen molar-refractivity contribution < 1.29 is 32.7 Å². The van der Waals surface area contributed by atoms with E-state index < -0.39 is 0 Å². The van der Waals surface area contributed by atoms with Crippen LogP contribution in [0.2, 0.25) is 0 Å². The maximum Gasteiger partial charge on any atom is 0.0303 e. The molecule has 0 bridgehead atoms. The van der Waals surface area contributed by atoms with Gasteiger partial charge in [0.05, 0.1) is 0 Å². The fourth-order valence-corrected chi connectivity index (χ4v) is 2.79. The van der Waals surface area contributed by atoms with Gasteiger partial charge in [-0.15, -0.1) is 6.58 Å². The van der Waals surface area contributed by atoms with Crippen LogP contribution in [0.3, 0.4) is 0 Å². The molecule has 1 radical (unpaired) electrons. The number of nitrogens with zero attached hydrogens (tertiary/aromatic N) is 2. The Morgan fingerprint density at radius 1 is 0.852 bits per heavy atom. The van der Waals surface area contributed by atoms with E-state index in [1.807, 2.05) is 83.8 Å². The van der Waals surface area contributed by atoms with Gasteiger partial charge in [0.1, 0.15) is 0 Å². The van der Waals surface area contributed by atoms with Gasteiger partial charge in [-0.25, -0.2) is 0 Å². The van der Waals surface area contributed by atoms with Gasteiger partial charge in [-0.3, -0.25) is 0 Å². The Hall–Kier alpha value is -2.03. The second kappa shape index (κ2) is 11.0. The van der Waals surface area contributed by atoms with Crippen LogP contribution in [0.5, 0.6) is 0 Å². The number of aliphatic imine (C=N–C) groups is 1. The van der Waals surface area contributed by atoms with Crippen molar-refractivity contribution in [3.63, 3.8) is 0 Å². The topological polar surface area (TPSA) is 15.6 Å². The zero-order chi connectivity index (χ0) is 18.2. The summed E-state index contributed by atoms with van der Waals surface area (Å²) in [5.74, 6) is 0.665. The first-order valence-electron chi connectivity index (χ1n) is 8.69. The van der Waals surface area contributed by atoms with Crippen LogP contribution in [-0.2, 0) is 32.7 Å². The molecule has 0 heterocycles. The van der Waals surface area contributed by atoms with E-state index in [-0.39, 0.29) is 38.6 Å². The van der Waals surface area contributed by atoms with Gasteiger partial charge in [0.2, 0.25) is 0 Å². The maximum atomic E-state index is 4.57. The number of anilines is 2. The molecule has 2 nitrogen and oxygen atoms in total. The molecule has 3 rings (SSSR count). The third-order valence-electron chi connectivity index (χ3n) is 4.13. The minimum absolute atomic E-state index is 0. The average Bonchev–Trinajstić information content (AvgIpc) is 2.71. The van der Waals surface area contributed by atoms with Gasteiger partial charge < -0.3 is 16.8 Å². The van der Waals surface area contributed by atoms with Crippen molar-refractivity contribution in [3.05, 3.63) is 116 Å². The van der Waals surface area contributed by atoms with E-state index in [0.29, 0.717) is 12.2 Å². The van der Waals surface area contributed by atoms with E-state index in [2.05, 4.69) is 36.8 Å². The minimum Gasteiger partial charge on any atom is -0.441 e. The van der Waals surface area contributed by atoms with Gasteiger partial charge in [-0.2, -0.15) is 12.6 Å². The summed E-state index contributed by atoms with van der Waals surface area (Å²) >= 11 is 0. The monoisotopic (exact) mass is 427 g/mol. The molecule has 3 aromatic rings. The minimum atomic E-state index is 0. The average molecular weight is 427 g/mol. The van der Waals surface area contributed by atoms with Gasteiger partial charge in [-0.1, -0.05) is 78.2 Å². The summed E-state index contributed by atoms with van der Waals surface area (Å²) in [6.45, 7) is 8.22. The van der Waals surface area contributed by atoms with Crippen LogP contribution in [0.15, 0.2) is 108 Å². The number of benzene rings is 3. The van der Waals surface area contributed by atoms with Crippen molar-refractivity contribution in [1.29, 1.82) is 0 Å². The molecule has 1 unspecified atom stereocenters. The van der Waals surface area contributed by atoms with Gasteiger partial charge in [0.15, 0.2) is 0 Å². The Balaban J connectivity index is 0.00000261. The van der Waals surface area contributed by atoms with Crippen LogP contribution < -0.4 is 4.90 Å². The number of rotatable bonds is 7. The SMILES string of the molecule is C=C(N=[C-]C(C[CH2-])c1ccccc1)N(c1ccccc1)c1ccccc1.[Y]. The normalized spacial score (nSPS) is 11.6. The van der Waals surface area contributed by atoms with Crippen LogP contribution in [0.25, 0.3) is 0 Å². The van der Waals surface area contributed by atoms with Crippen LogP contribution in [0.1, 0.15) is 17.9 Å². The molecule has 0 saturated carbocycles. The Labute approximate surface area is 187 Å². The molecule has 0 aliphatic heterocycles. The van der Waals surface area contributed by atoms with E-state index in [1.54, 1.807) is 0 Å². The maximum absolute atomic E-state index is 4.57. The van der Waals surface area contributed by atoms with Crippen LogP contribution >= 0.6 is 0 Å². The molecule has 0 amide bonds. The third kappa shape index (κ3) is 5.72. The Bertz CT molecular complexity index is 806. The summed E-state index contributed by atoms with van der Waals surface area (Å²) in [7, 11) is 0. The summed E-state index contributed by atoms with van der Waals surface area (Å²) in [6.07, 6.45) is 3.92. The third-order valence-corrected chi connectivity index (χ3v) is 4.13. The molecule has 0 aliphatic rings. The van der Waals surface area contributed by atoms with Crippen molar-refractivity contribution >= 4 is 17.6 Å². The summed E-state index contributed by atoms with van der Waals surface area (Å²) < 4.78 is 0. The van der Waals surface area contributed by atoms with Gasteiger partial charge in [0, 0.05) is 44.1 Å². The molecule has 0 spiro atoms. The Kier molecular flexibility index (Phi) is 8.64. The molecule has 0 aliphatic carbocycles. The molecular formula is C24H22N2Y-2. The smallest absolute Gasteiger partial charge is 0.0303 e. The van der Waals surface area contributed by atoms with E-state index in [0.717, 1.165) is 16.9 Å². The first-order valence-corrected chi connectivity index (χ1v) is 8.69.